The van der Waals surface area contributed by atoms with Gasteiger partial charge in [0.1, 0.15) is 18.8 Å². The monoisotopic (exact) mass is 434 g/mol. The molecule has 1 aliphatic rings. The van der Waals surface area contributed by atoms with E-state index in [0.717, 1.165) is 17.5 Å². The summed E-state index contributed by atoms with van der Waals surface area (Å²) >= 11 is 12.1. The molecule has 2 aromatic rings. The van der Waals surface area contributed by atoms with Gasteiger partial charge in [-0.05, 0) is 41.8 Å². The van der Waals surface area contributed by atoms with Crippen LogP contribution in [0.5, 0.6) is 0 Å². The fraction of sp³-hybridized carbons (Fsp3) is 0.364. The SMILES string of the molecule is CCC[C@H](C(=O)NC)N1C(=O)CO[C@@H](c2ccc(Cl)cc2)[C@H]1c1ccc(Cl)cc1. The Labute approximate surface area is 180 Å². The van der Waals surface area contributed by atoms with Crippen molar-refractivity contribution in [2.24, 2.45) is 0 Å². The number of halogens is 2. The van der Waals surface area contributed by atoms with Gasteiger partial charge in [0.25, 0.3) is 0 Å². The molecule has 1 saturated heterocycles. The first-order valence-corrected chi connectivity index (χ1v) is 10.4. The minimum absolute atomic E-state index is 0.0887. The lowest BCUT2D eigenvalue weighted by atomic mass is 9.90. The van der Waals surface area contributed by atoms with Gasteiger partial charge < -0.3 is 15.0 Å². The smallest absolute Gasteiger partial charge is 0.249 e. The number of amides is 2. The van der Waals surface area contributed by atoms with E-state index >= 15 is 0 Å². The molecule has 29 heavy (non-hydrogen) atoms. The Balaban J connectivity index is 2.11. The molecule has 1 fully saturated rings. The molecule has 7 heteroatoms. The van der Waals surface area contributed by atoms with Crippen LogP contribution in [-0.2, 0) is 14.3 Å². The van der Waals surface area contributed by atoms with E-state index in [1.54, 1.807) is 36.2 Å². The second-order valence-electron chi connectivity index (χ2n) is 7.00. The quantitative estimate of drug-likeness (QED) is 0.725. The number of ether oxygens (including phenoxy) is 1. The summed E-state index contributed by atoms with van der Waals surface area (Å²) in [5.74, 6) is -0.395. The average molecular weight is 435 g/mol. The third kappa shape index (κ3) is 4.74. The van der Waals surface area contributed by atoms with Gasteiger partial charge in [-0.25, -0.2) is 0 Å². The van der Waals surface area contributed by atoms with E-state index in [9.17, 15) is 9.59 Å². The summed E-state index contributed by atoms with van der Waals surface area (Å²) in [6.45, 7) is 1.91. The third-order valence-electron chi connectivity index (χ3n) is 5.12. The summed E-state index contributed by atoms with van der Waals surface area (Å²) in [6.07, 6.45) is 0.889. The second-order valence-corrected chi connectivity index (χ2v) is 7.87. The number of carbonyl (C=O) groups is 2. The van der Waals surface area contributed by atoms with E-state index in [4.69, 9.17) is 27.9 Å². The van der Waals surface area contributed by atoms with E-state index in [0.29, 0.717) is 16.5 Å². The molecule has 0 spiro atoms. The van der Waals surface area contributed by atoms with Gasteiger partial charge in [0, 0.05) is 17.1 Å². The van der Waals surface area contributed by atoms with E-state index in [1.165, 1.54) is 0 Å². The number of hydrogen-bond donors (Lipinski definition) is 1. The minimum Gasteiger partial charge on any atom is -0.361 e. The molecule has 2 aromatic carbocycles. The molecule has 0 bridgehead atoms. The first-order chi connectivity index (χ1) is 14.0. The number of benzene rings is 2. The van der Waals surface area contributed by atoms with Gasteiger partial charge in [-0.15, -0.1) is 0 Å². The minimum atomic E-state index is -0.586. The van der Waals surface area contributed by atoms with Crippen LogP contribution in [0.2, 0.25) is 10.0 Å². The van der Waals surface area contributed by atoms with Gasteiger partial charge in [0.2, 0.25) is 11.8 Å². The lowest BCUT2D eigenvalue weighted by Crippen LogP contribution is -2.55. The molecule has 0 radical (unpaired) electrons. The Kier molecular flexibility index (Phi) is 7.17. The topological polar surface area (TPSA) is 58.6 Å². The summed E-state index contributed by atoms with van der Waals surface area (Å²) in [7, 11) is 1.59. The predicted molar refractivity (Wildman–Crippen MR) is 114 cm³/mol. The second kappa shape index (κ2) is 9.61. The number of morpholine rings is 1. The van der Waals surface area contributed by atoms with Gasteiger partial charge in [0.15, 0.2) is 0 Å². The van der Waals surface area contributed by atoms with E-state index in [-0.39, 0.29) is 18.4 Å². The van der Waals surface area contributed by atoms with Crippen LogP contribution in [0.3, 0.4) is 0 Å². The molecule has 154 valence electrons. The van der Waals surface area contributed by atoms with Crippen LogP contribution < -0.4 is 5.32 Å². The fourth-order valence-electron chi connectivity index (χ4n) is 3.76. The maximum atomic E-state index is 13.0. The summed E-state index contributed by atoms with van der Waals surface area (Å²) < 4.78 is 5.99. The molecule has 1 N–H and O–H groups in total. The molecular formula is C22H24Cl2N2O3. The summed E-state index contributed by atoms with van der Waals surface area (Å²) in [4.78, 5) is 27.3. The molecule has 3 atom stereocenters. The highest BCUT2D eigenvalue weighted by Gasteiger charge is 2.43. The number of carbonyl (C=O) groups excluding carboxylic acids is 2. The van der Waals surface area contributed by atoms with Crippen LogP contribution in [0.25, 0.3) is 0 Å². The van der Waals surface area contributed by atoms with Crippen molar-refractivity contribution in [3.8, 4) is 0 Å². The van der Waals surface area contributed by atoms with E-state index in [1.807, 2.05) is 31.2 Å². The van der Waals surface area contributed by atoms with Crippen molar-refractivity contribution >= 4 is 35.0 Å². The zero-order chi connectivity index (χ0) is 21.0. The molecular weight excluding hydrogens is 411 g/mol. The van der Waals surface area contributed by atoms with E-state index in [2.05, 4.69) is 5.32 Å². The number of likely N-dealkylation sites (N-methyl/N-ethyl adjacent to an activating group) is 1. The largest absolute Gasteiger partial charge is 0.361 e. The summed E-state index contributed by atoms with van der Waals surface area (Å²) in [6, 6.07) is 13.6. The van der Waals surface area contributed by atoms with Crippen LogP contribution in [-0.4, -0.2) is 36.4 Å². The molecule has 3 rings (SSSR count). The van der Waals surface area contributed by atoms with Crippen molar-refractivity contribution < 1.29 is 14.3 Å². The van der Waals surface area contributed by atoms with Crippen molar-refractivity contribution in [2.45, 2.75) is 38.0 Å². The van der Waals surface area contributed by atoms with Crippen LogP contribution in [0, 0.1) is 0 Å². The third-order valence-corrected chi connectivity index (χ3v) is 5.62. The molecule has 1 heterocycles. The lowest BCUT2D eigenvalue weighted by Gasteiger charge is -2.45. The van der Waals surface area contributed by atoms with Crippen LogP contribution >= 0.6 is 23.2 Å². The maximum absolute atomic E-state index is 13.0. The number of nitrogens with zero attached hydrogens (tertiary/aromatic N) is 1. The van der Waals surface area contributed by atoms with Crippen LogP contribution in [0.1, 0.15) is 43.0 Å². The van der Waals surface area contributed by atoms with Crippen molar-refractivity contribution in [2.75, 3.05) is 13.7 Å². The number of nitrogens with one attached hydrogen (secondary N) is 1. The molecule has 0 unspecified atom stereocenters. The van der Waals surface area contributed by atoms with Gasteiger partial charge in [-0.1, -0.05) is 60.8 Å². The zero-order valence-corrected chi connectivity index (χ0v) is 17.9. The number of hydrogen-bond acceptors (Lipinski definition) is 3. The van der Waals surface area contributed by atoms with Crippen molar-refractivity contribution in [3.05, 3.63) is 69.7 Å². The number of rotatable bonds is 6. The zero-order valence-electron chi connectivity index (χ0n) is 16.4. The Morgan fingerprint density at radius 2 is 1.66 bits per heavy atom. The van der Waals surface area contributed by atoms with Gasteiger partial charge in [0.05, 0.1) is 6.04 Å². The van der Waals surface area contributed by atoms with Crippen molar-refractivity contribution in [3.63, 3.8) is 0 Å². The first-order valence-electron chi connectivity index (χ1n) is 9.61. The molecule has 2 amide bonds. The Bertz CT molecular complexity index is 855. The highest BCUT2D eigenvalue weighted by molar-refractivity contribution is 6.30. The Morgan fingerprint density at radius 3 is 2.17 bits per heavy atom. The summed E-state index contributed by atoms with van der Waals surface area (Å²) in [5, 5.41) is 3.92. The van der Waals surface area contributed by atoms with E-state index < -0.39 is 18.2 Å². The van der Waals surface area contributed by atoms with Crippen LogP contribution in [0.15, 0.2) is 48.5 Å². The highest BCUT2D eigenvalue weighted by Crippen LogP contribution is 2.42. The summed E-state index contributed by atoms with van der Waals surface area (Å²) in [5.41, 5.74) is 1.74. The standard InChI is InChI=1S/C22H24Cl2N2O3/c1-3-4-18(22(28)25-2)26-19(27)13-29-21(15-7-11-17(24)12-8-15)20(26)14-5-9-16(23)10-6-14/h5-12,18,20-21H,3-4,13H2,1-2H3,(H,25,28)/t18-,20-,21+/m1/s1. The van der Waals surface area contributed by atoms with Crippen molar-refractivity contribution in [1.82, 2.24) is 10.2 Å². The van der Waals surface area contributed by atoms with Gasteiger partial charge in [-0.3, -0.25) is 9.59 Å². The Hall–Kier alpha value is -2.08. The molecule has 5 nitrogen and oxygen atoms in total. The van der Waals surface area contributed by atoms with Crippen LogP contribution in [0.4, 0.5) is 0 Å². The molecule has 1 aliphatic heterocycles. The average Bonchev–Trinajstić information content (AvgIpc) is 2.73. The van der Waals surface area contributed by atoms with Gasteiger partial charge in [-0.2, -0.15) is 0 Å². The normalized spacial score (nSPS) is 20.4. The highest BCUT2D eigenvalue weighted by atomic mass is 35.5. The fourth-order valence-corrected chi connectivity index (χ4v) is 4.01. The predicted octanol–water partition coefficient (Wildman–Crippen LogP) is 4.55. The molecule has 0 aromatic heterocycles. The maximum Gasteiger partial charge on any atom is 0.249 e. The molecule has 0 saturated carbocycles. The van der Waals surface area contributed by atoms with Crippen molar-refractivity contribution in [1.29, 1.82) is 0 Å². The van der Waals surface area contributed by atoms with Gasteiger partial charge >= 0.3 is 0 Å². The lowest BCUT2D eigenvalue weighted by molar-refractivity contribution is -0.167. The first kappa shape index (κ1) is 21.6. The Morgan fingerprint density at radius 1 is 1.10 bits per heavy atom. The molecule has 0 aliphatic carbocycles.